The standard InChI is InChI=1S/C15H19N5O.ClH/c1-12-3-5-13(6-4-12)20-11-14(17-18-20)15(21)19-9-2-7-16-8-10-19;/h3-6,11,16H,2,7-10H2,1H3;1H. The first-order chi connectivity index (χ1) is 10.2. The van der Waals surface area contributed by atoms with Crippen molar-refractivity contribution in [2.45, 2.75) is 13.3 Å². The number of carbonyl (C=O) groups is 1. The van der Waals surface area contributed by atoms with Crippen LogP contribution in [0.4, 0.5) is 0 Å². The van der Waals surface area contributed by atoms with Gasteiger partial charge >= 0.3 is 0 Å². The summed E-state index contributed by atoms with van der Waals surface area (Å²) in [5, 5.41) is 11.4. The van der Waals surface area contributed by atoms with Crippen LogP contribution in [0.25, 0.3) is 5.69 Å². The van der Waals surface area contributed by atoms with Gasteiger partial charge in [-0.15, -0.1) is 17.5 Å². The number of nitrogens with zero attached hydrogens (tertiary/aromatic N) is 4. The Bertz CT molecular complexity index is 617. The summed E-state index contributed by atoms with van der Waals surface area (Å²) in [6.07, 6.45) is 2.67. The van der Waals surface area contributed by atoms with Crippen LogP contribution in [0.1, 0.15) is 22.5 Å². The summed E-state index contributed by atoms with van der Waals surface area (Å²) >= 11 is 0. The fourth-order valence-electron chi connectivity index (χ4n) is 2.40. The molecule has 1 saturated heterocycles. The van der Waals surface area contributed by atoms with E-state index in [0.29, 0.717) is 5.69 Å². The van der Waals surface area contributed by atoms with Crippen molar-refractivity contribution in [3.8, 4) is 5.69 Å². The lowest BCUT2D eigenvalue weighted by Crippen LogP contribution is -2.34. The molecular weight excluding hydrogens is 302 g/mol. The smallest absolute Gasteiger partial charge is 0.276 e. The highest BCUT2D eigenvalue weighted by molar-refractivity contribution is 5.92. The van der Waals surface area contributed by atoms with E-state index in [2.05, 4.69) is 15.6 Å². The van der Waals surface area contributed by atoms with Crippen LogP contribution in [0.15, 0.2) is 30.5 Å². The Morgan fingerprint density at radius 2 is 1.95 bits per heavy atom. The Labute approximate surface area is 135 Å². The van der Waals surface area contributed by atoms with Crippen LogP contribution in [-0.4, -0.2) is 52.0 Å². The molecule has 1 aromatic heterocycles. The normalized spacial score (nSPS) is 15.0. The van der Waals surface area contributed by atoms with Crippen molar-refractivity contribution in [3.63, 3.8) is 0 Å². The molecule has 0 aliphatic carbocycles. The molecule has 2 aromatic rings. The molecule has 1 amide bonds. The minimum absolute atomic E-state index is 0. The van der Waals surface area contributed by atoms with E-state index in [4.69, 9.17) is 0 Å². The van der Waals surface area contributed by atoms with E-state index in [1.807, 2.05) is 36.1 Å². The molecule has 0 radical (unpaired) electrons. The maximum absolute atomic E-state index is 12.4. The first-order valence-electron chi connectivity index (χ1n) is 7.23. The highest BCUT2D eigenvalue weighted by Crippen LogP contribution is 2.10. The van der Waals surface area contributed by atoms with Gasteiger partial charge < -0.3 is 10.2 Å². The summed E-state index contributed by atoms with van der Waals surface area (Å²) in [5.74, 6) is -0.0444. The van der Waals surface area contributed by atoms with Crippen LogP contribution in [0.5, 0.6) is 0 Å². The molecular formula is C15H20ClN5O. The van der Waals surface area contributed by atoms with Crippen molar-refractivity contribution >= 4 is 18.3 Å². The number of hydrogen-bond acceptors (Lipinski definition) is 4. The molecule has 22 heavy (non-hydrogen) atoms. The molecule has 1 N–H and O–H groups in total. The number of nitrogens with one attached hydrogen (secondary N) is 1. The van der Waals surface area contributed by atoms with Crippen LogP contribution in [0, 0.1) is 6.92 Å². The molecule has 6 nitrogen and oxygen atoms in total. The van der Waals surface area contributed by atoms with E-state index >= 15 is 0 Å². The number of aromatic nitrogens is 3. The van der Waals surface area contributed by atoms with E-state index in [1.54, 1.807) is 10.9 Å². The lowest BCUT2D eigenvalue weighted by atomic mass is 10.2. The lowest BCUT2D eigenvalue weighted by Gasteiger charge is -2.17. The van der Waals surface area contributed by atoms with E-state index in [1.165, 1.54) is 5.56 Å². The van der Waals surface area contributed by atoms with Gasteiger partial charge in [0.05, 0.1) is 11.9 Å². The third-order valence-electron chi connectivity index (χ3n) is 3.64. The summed E-state index contributed by atoms with van der Waals surface area (Å²) in [5.41, 5.74) is 2.49. The van der Waals surface area contributed by atoms with Crippen molar-refractivity contribution < 1.29 is 4.79 Å². The summed E-state index contributed by atoms with van der Waals surface area (Å²) in [6.45, 7) is 5.31. The Kier molecular flexibility index (Phi) is 5.51. The van der Waals surface area contributed by atoms with E-state index in [0.717, 1.165) is 38.3 Å². The van der Waals surface area contributed by atoms with Crippen LogP contribution >= 0.6 is 12.4 Å². The SMILES string of the molecule is Cc1ccc(-n2cc(C(=O)N3CCCNCC3)nn2)cc1.Cl. The predicted octanol–water partition coefficient (Wildman–Crippen LogP) is 1.43. The van der Waals surface area contributed by atoms with Crippen molar-refractivity contribution in [3.05, 3.63) is 41.7 Å². The quantitative estimate of drug-likeness (QED) is 0.909. The number of rotatable bonds is 2. The first kappa shape index (κ1) is 16.5. The second-order valence-corrected chi connectivity index (χ2v) is 5.28. The Morgan fingerprint density at radius 1 is 1.18 bits per heavy atom. The van der Waals surface area contributed by atoms with Gasteiger partial charge in [0.2, 0.25) is 0 Å². The molecule has 1 aliphatic heterocycles. The molecule has 1 fully saturated rings. The number of carbonyl (C=O) groups excluding carboxylic acids is 1. The molecule has 0 spiro atoms. The van der Waals surface area contributed by atoms with E-state index < -0.39 is 0 Å². The maximum atomic E-state index is 12.4. The number of aryl methyl sites for hydroxylation is 1. The Morgan fingerprint density at radius 3 is 2.73 bits per heavy atom. The summed E-state index contributed by atoms with van der Waals surface area (Å²) in [4.78, 5) is 14.3. The molecule has 7 heteroatoms. The zero-order chi connectivity index (χ0) is 14.7. The maximum Gasteiger partial charge on any atom is 0.276 e. The van der Waals surface area contributed by atoms with Gasteiger partial charge in [-0.3, -0.25) is 4.79 Å². The molecule has 0 bridgehead atoms. The Balaban J connectivity index is 0.00000176. The van der Waals surface area contributed by atoms with Crippen LogP contribution < -0.4 is 5.32 Å². The zero-order valence-corrected chi connectivity index (χ0v) is 13.3. The van der Waals surface area contributed by atoms with Crippen LogP contribution in [-0.2, 0) is 0 Å². The average molecular weight is 322 g/mol. The fourth-order valence-corrected chi connectivity index (χ4v) is 2.40. The van der Waals surface area contributed by atoms with Crippen molar-refractivity contribution in [1.82, 2.24) is 25.2 Å². The minimum atomic E-state index is -0.0444. The molecule has 3 rings (SSSR count). The molecule has 0 atom stereocenters. The number of halogens is 1. The summed E-state index contributed by atoms with van der Waals surface area (Å²) < 4.78 is 1.64. The van der Waals surface area contributed by atoms with Gasteiger partial charge in [-0.05, 0) is 32.0 Å². The van der Waals surface area contributed by atoms with Crippen LogP contribution in [0.3, 0.4) is 0 Å². The number of amides is 1. The fraction of sp³-hybridized carbons (Fsp3) is 0.400. The second-order valence-electron chi connectivity index (χ2n) is 5.28. The molecule has 0 saturated carbocycles. The second kappa shape index (κ2) is 7.38. The van der Waals surface area contributed by atoms with E-state index in [-0.39, 0.29) is 18.3 Å². The third-order valence-corrected chi connectivity index (χ3v) is 3.64. The van der Waals surface area contributed by atoms with Crippen LogP contribution in [0.2, 0.25) is 0 Å². The molecule has 0 unspecified atom stereocenters. The van der Waals surface area contributed by atoms with Gasteiger partial charge in [0, 0.05) is 19.6 Å². The third kappa shape index (κ3) is 3.64. The zero-order valence-electron chi connectivity index (χ0n) is 12.5. The minimum Gasteiger partial charge on any atom is -0.336 e. The molecule has 118 valence electrons. The largest absolute Gasteiger partial charge is 0.336 e. The topological polar surface area (TPSA) is 63.1 Å². The van der Waals surface area contributed by atoms with Gasteiger partial charge in [-0.25, -0.2) is 4.68 Å². The lowest BCUT2D eigenvalue weighted by molar-refractivity contribution is 0.0760. The van der Waals surface area contributed by atoms with Gasteiger partial charge in [0.15, 0.2) is 5.69 Å². The first-order valence-corrected chi connectivity index (χ1v) is 7.23. The van der Waals surface area contributed by atoms with Crippen molar-refractivity contribution in [1.29, 1.82) is 0 Å². The predicted molar refractivity (Wildman–Crippen MR) is 86.7 cm³/mol. The van der Waals surface area contributed by atoms with Crippen molar-refractivity contribution in [2.75, 3.05) is 26.2 Å². The van der Waals surface area contributed by atoms with Gasteiger partial charge in [-0.2, -0.15) is 0 Å². The van der Waals surface area contributed by atoms with Gasteiger partial charge in [0.1, 0.15) is 0 Å². The van der Waals surface area contributed by atoms with Gasteiger partial charge in [-0.1, -0.05) is 22.9 Å². The molecule has 2 heterocycles. The average Bonchev–Trinajstić information content (AvgIpc) is 2.83. The summed E-state index contributed by atoms with van der Waals surface area (Å²) in [6, 6.07) is 7.96. The highest BCUT2D eigenvalue weighted by Gasteiger charge is 2.20. The van der Waals surface area contributed by atoms with Crippen molar-refractivity contribution in [2.24, 2.45) is 0 Å². The molecule has 1 aliphatic rings. The highest BCUT2D eigenvalue weighted by atomic mass is 35.5. The van der Waals surface area contributed by atoms with E-state index in [9.17, 15) is 4.79 Å². The summed E-state index contributed by atoms with van der Waals surface area (Å²) in [7, 11) is 0. The number of hydrogen-bond donors (Lipinski definition) is 1. The molecule has 1 aromatic carbocycles. The Hall–Kier alpha value is -1.92. The number of benzene rings is 1. The van der Waals surface area contributed by atoms with Gasteiger partial charge in [0.25, 0.3) is 5.91 Å². The monoisotopic (exact) mass is 321 g/mol.